The molecule has 2 N–H and O–H groups in total. The third kappa shape index (κ3) is 4.18. The van der Waals surface area contributed by atoms with E-state index in [-0.39, 0.29) is 11.5 Å². The average molecular weight is 278 g/mol. The van der Waals surface area contributed by atoms with Crippen molar-refractivity contribution in [1.29, 1.82) is 0 Å². The summed E-state index contributed by atoms with van der Waals surface area (Å²) in [5.41, 5.74) is 7.44. The Balaban J connectivity index is 1.85. The van der Waals surface area contributed by atoms with Gasteiger partial charge in [-0.05, 0) is 18.6 Å². The maximum atomic E-state index is 6.17. The molecular weight excluding hydrogens is 256 g/mol. The lowest BCUT2D eigenvalue weighted by molar-refractivity contribution is 0.483. The standard InChI is InChI=1S/C15H22N2OS/c1-15(2,3)13-10-19-14(17-13)9-11(16)6-7-12-5-4-8-18-12/h4-5,8,10-11H,6-7,9,16H2,1-3H3. The van der Waals surface area contributed by atoms with Gasteiger partial charge in [0.2, 0.25) is 0 Å². The summed E-state index contributed by atoms with van der Waals surface area (Å²) in [7, 11) is 0. The van der Waals surface area contributed by atoms with E-state index >= 15 is 0 Å². The van der Waals surface area contributed by atoms with Crippen LogP contribution in [0.25, 0.3) is 0 Å². The fourth-order valence-corrected chi connectivity index (χ4v) is 2.97. The highest BCUT2D eigenvalue weighted by atomic mass is 32.1. The molecule has 4 heteroatoms. The minimum atomic E-state index is 0.118. The molecule has 2 heterocycles. The average Bonchev–Trinajstić information content (AvgIpc) is 2.95. The van der Waals surface area contributed by atoms with Gasteiger partial charge >= 0.3 is 0 Å². The van der Waals surface area contributed by atoms with E-state index < -0.39 is 0 Å². The molecule has 0 aliphatic heterocycles. The Kier molecular flexibility index (Phi) is 4.42. The van der Waals surface area contributed by atoms with E-state index in [0.717, 1.165) is 35.7 Å². The second kappa shape index (κ2) is 5.88. The maximum Gasteiger partial charge on any atom is 0.103 e. The van der Waals surface area contributed by atoms with Crippen molar-refractivity contribution in [2.75, 3.05) is 0 Å². The molecule has 0 radical (unpaired) electrons. The molecule has 104 valence electrons. The van der Waals surface area contributed by atoms with Crippen LogP contribution in [-0.4, -0.2) is 11.0 Å². The van der Waals surface area contributed by atoms with Crippen LogP contribution >= 0.6 is 11.3 Å². The Morgan fingerprint density at radius 2 is 2.21 bits per heavy atom. The number of hydrogen-bond acceptors (Lipinski definition) is 4. The van der Waals surface area contributed by atoms with E-state index in [2.05, 4.69) is 31.1 Å². The molecule has 1 atom stereocenters. The smallest absolute Gasteiger partial charge is 0.103 e. The van der Waals surface area contributed by atoms with Crippen molar-refractivity contribution in [2.45, 2.75) is 51.5 Å². The Bertz CT molecular complexity index is 496. The molecule has 0 saturated carbocycles. The summed E-state index contributed by atoms with van der Waals surface area (Å²) >= 11 is 1.71. The van der Waals surface area contributed by atoms with Gasteiger partial charge in [0.05, 0.1) is 17.0 Å². The monoisotopic (exact) mass is 278 g/mol. The molecule has 0 spiro atoms. The Morgan fingerprint density at radius 1 is 1.42 bits per heavy atom. The van der Waals surface area contributed by atoms with Crippen LogP contribution < -0.4 is 5.73 Å². The number of hydrogen-bond donors (Lipinski definition) is 1. The first-order valence-corrected chi connectivity index (χ1v) is 7.56. The fourth-order valence-electron chi connectivity index (χ4n) is 1.86. The Morgan fingerprint density at radius 3 is 2.79 bits per heavy atom. The molecule has 0 bridgehead atoms. The van der Waals surface area contributed by atoms with Gasteiger partial charge in [-0.3, -0.25) is 0 Å². The normalized spacial score (nSPS) is 13.7. The molecule has 0 amide bonds. The summed E-state index contributed by atoms with van der Waals surface area (Å²) in [6, 6.07) is 4.05. The minimum Gasteiger partial charge on any atom is -0.469 e. The Labute approximate surface area is 118 Å². The van der Waals surface area contributed by atoms with E-state index in [0.29, 0.717) is 0 Å². The second-order valence-corrected chi connectivity index (χ2v) is 6.90. The third-order valence-electron chi connectivity index (χ3n) is 3.10. The van der Waals surface area contributed by atoms with Crippen molar-refractivity contribution >= 4 is 11.3 Å². The second-order valence-electron chi connectivity index (χ2n) is 5.96. The fraction of sp³-hybridized carbons (Fsp3) is 0.533. The van der Waals surface area contributed by atoms with Crippen LogP contribution in [0.4, 0.5) is 0 Å². The van der Waals surface area contributed by atoms with Gasteiger partial charge in [0.1, 0.15) is 5.76 Å². The van der Waals surface area contributed by atoms with Gasteiger partial charge in [0, 0.05) is 29.7 Å². The third-order valence-corrected chi connectivity index (χ3v) is 3.97. The summed E-state index contributed by atoms with van der Waals surface area (Å²) in [4.78, 5) is 4.68. The van der Waals surface area contributed by atoms with Gasteiger partial charge < -0.3 is 10.2 Å². The first-order valence-electron chi connectivity index (χ1n) is 6.68. The summed E-state index contributed by atoms with van der Waals surface area (Å²) in [6.07, 6.45) is 4.38. The topological polar surface area (TPSA) is 52.0 Å². The number of rotatable bonds is 5. The van der Waals surface area contributed by atoms with E-state index in [1.165, 1.54) is 0 Å². The van der Waals surface area contributed by atoms with Crippen molar-refractivity contribution < 1.29 is 4.42 Å². The summed E-state index contributed by atoms with van der Waals surface area (Å²) in [5.74, 6) is 1.00. The highest BCUT2D eigenvalue weighted by Gasteiger charge is 2.18. The lowest BCUT2D eigenvalue weighted by atomic mass is 9.93. The van der Waals surface area contributed by atoms with Gasteiger partial charge in [-0.25, -0.2) is 4.98 Å². The summed E-state index contributed by atoms with van der Waals surface area (Å²) in [6.45, 7) is 6.55. The SMILES string of the molecule is CC(C)(C)c1csc(CC(N)CCc2ccco2)n1. The van der Waals surface area contributed by atoms with Gasteiger partial charge in [-0.1, -0.05) is 20.8 Å². The van der Waals surface area contributed by atoms with Crippen LogP contribution in [0, 0.1) is 0 Å². The molecule has 0 fully saturated rings. The predicted molar refractivity (Wildman–Crippen MR) is 79.5 cm³/mol. The molecule has 2 rings (SSSR count). The Hall–Kier alpha value is -1.13. The van der Waals surface area contributed by atoms with E-state index in [4.69, 9.17) is 10.2 Å². The van der Waals surface area contributed by atoms with Crippen LogP contribution in [0.2, 0.25) is 0 Å². The largest absolute Gasteiger partial charge is 0.469 e. The summed E-state index contributed by atoms with van der Waals surface area (Å²) in [5, 5.41) is 3.28. The molecule has 1 unspecified atom stereocenters. The number of nitrogens with zero attached hydrogens (tertiary/aromatic N) is 1. The van der Waals surface area contributed by atoms with Crippen molar-refractivity contribution in [3.05, 3.63) is 40.2 Å². The van der Waals surface area contributed by atoms with Crippen LogP contribution in [0.5, 0.6) is 0 Å². The van der Waals surface area contributed by atoms with Crippen LogP contribution in [0.15, 0.2) is 28.2 Å². The highest BCUT2D eigenvalue weighted by Crippen LogP contribution is 2.24. The molecular formula is C15H22N2OS. The van der Waals surface area contributed by atoms with E-state index in [9.17, 15) is 0 Å². The van der Waals surface area contributed by atoms with Crippen molar-refractivity contribution in [1.82, 2.24) is 4.98 Å². The molecule has 2 aromatic heterocycles. The zero-order valence-electron chi connectivity index (χ0n) is 11.8. The van der Waals surface area contributed by atoms with Gasteiger partial charge in [0.15, 0.2) is 0 Å². The number of aryl methyl sites for hydroxylation is 1. The zero-order chi connectivity index (χ0) is 13.9. The highest BCUT2D eigenvalue weighted by molar-refractivity contribution is 7.09. The number of aromatic nitrogens is 1. The van der Waals surface area contributed by atoms with Crippen molar-refractivity contribution in [3.63, 3.8) is 0 Å². The number of furan rings is 1. The molecule has 2 aromatic rings. The van der Waals surface area contributed by atoms with E-state index in [1.54, 1.807) is 17.6 Å². The number of thiazole rings is 1. The van der Waals surface area contributed by atoms with Gasteiger partial charge in [-0.15, -0.1) is 11.3 Å². The molecule has 3 nitrogen and oxygen atoms in total. The quantitative estimate of drug-likeness (QED) is 0.910. The molecule has 19 heavy (non-hydrogen) atoms. The van der Waals surface area contributed by atoms with Gasteiger partial charge in [-0.2, -0.15) is 0 Å². The first-order chi connectivity index (χ1) is 8.95. The lowest BCUT2D eigenvalue weighted by Gasteiger charge is -2.14. The molecule has 0 saturated heterocycles. The molecule has 0 aliphatic rings. The predicted octanol–water partition coefficient (Wildman–Crippen LogP) is 3.54. The van der Waals surface area contributed by atoms with Crippen molar-refractivity contribution in [3.8, 4) is 0 Å². The minimum absolute atomic E-state index is 0.118. The van der Waals surface area contributed by atoms with Crippen LogP contribution in [0.3, 0.4) is 0 Å². The lowest BCUT2D eigenvalue weighted by Crippen LogP contribution is -2.23. The summed E-state index contributed by atoms with van der Waals surface area (Å²) < 4.78 is 5.31. The molecule has 0 aromatic carbocycles. The van der Waals surface area contributed by atoms with Crippen molar-refractivity contribution in [2.24, 2.45) is 5.73 Å². The van der Waals surface area contributed by atoms with Crippen LogP contribution in [-0.2, 0) is 18.3 Å². The molecule has 0 aliphatic carbocycles. The number of nitrogens with two attached hydrogens (primary N) is 1. The zero-order valence-corrected chi connectivity index (χ0v) is 12.7. The van der Waals surface area contributed by atoms with E-state index in [1.807, 2.05) is 12.1 Å². The van der Waals surface area contributed by atoms with Crippen LogP contribution in [0.1, 0.15) is 43.7 Å². The maximum absolute atomic E-state index is 6.17. The first kappa shape index (κ1) is 14.3. The van der Waals surface area contributed by atoms with Gasteiger partial charge in [0.25, 0.3) is 0 Å².